The number of nitrogens with zero attached hydrogens (tertiary/aromatic N) is 1. The summed E-state index contributed by atoms with van der Waals surface area (Å²) in [6.07, 6.45) is 6.66. The first-order chi connectivity index (χ1) is 16.1. The topological polar surface area (TPSA) is 95.6 Å². The molecule has 1 saturated carbocycles. The van der Waals surface area contributed by atoms with Gasteiger partial charge in [0.2, 0.25) is 15.9 Å². The molecule has 0 aliphatic heterocycles. The van der Waals surface area contributed by atoms with Crippen molar-refractivity contribution in [2.24, 2.45) is 0 Å². The lowest BCUT2D eigenvalue weighted by molar-refractivity contribution is -0.117. The molecule has 0 aromatic heterocycles. The molecule has 2 aromatic carbocycles. The van der Waals surface area contributed by atoms with Crippen LogP contribution < -0.4 is 14.9 Å². The lowest BCUT2D eigenvalue weighted by Crippen LogP contribution is -2.47. The smallest absolute Gasteiger partial charge is 0.253 e. The van der Waals surface area contributed by atoms with Crippen molar-refractivity contribution >= 4 is 33.2 Å². The Balaban J connectivity index is 1.86. The highest BCUT2D eigenvalue weighted by Crippen LogP contribution is 2.26. The molecule has 3 rings (SSSR count). The molecular formula is C26H35N3O4S. The summed E-state index contributed by atoms with van der Waals surface area (Å²) in [6, 6.07) is 11.3. The van der Waals surface area contributed by atoms with Crippen LogP contribution in [0, 0.1) is 13.8 Å². The third kappa shape index (κ3) is 6.17. The number of nitrogens with one attached hydrogen (secondary N) is 2. The first-order valence-corrected chi connectivity index (χ1v) is 13.7. The summed E-state index contributed by atoms with van der Waals surface area (Å²) in [7, 11) is -3.75. The van der Waals surface area contributed by atoms with Crippen molar-refractivity contribution in [2.45, 2.75) is 71.4 Å². The summed E-state index contributed by atoms with van der Waals surface area (Å²) in [5, 5.41) is 5.90. The maximum absolute atomic E-state index is 13.4. The summed E-state index contributed by atoms with van der Waals surface area (Å²) in [5.74, 6) is -0.714. The number of amides is 2. The minimum Gasteiger partial charge on any atom is -0.349 e. The SMILES string of the molecule is CC[C@@H](C(=O)Nc1ccccc1C(=O)NC1CCCCC1)N(c1ccc(C)c(C)c1)S(C)(=O)=O. The number of carbonyl (C=O) groups is 2. The summed E-state index contributed by atoms with van der Waals surface area (Å²) in [4.78, 5) is 26.3. The normalized spacial score (nSPS) is 15.4. The number of rotatable bonds is 8. The van der Waals surface area contributed by atoms with E-state index in [4.69, 9.17) is 0 Å². The zero-order chi connectivity index (χ0) is 24.9. The van der Waals surface area contributed by atoms with E-state index in [1.165, 1.54) is 10.7 Å². The second-order valence-corrected chi connectivity index (χ2v) is 11.0. The van der Waals surface area contributed by atoms with Gasteiger partial charge in [0.05, 0.1) is 23.2 Å². The fraction of sp³-hybridized carbons (Fsp3) is 0.462. The Hall–Kier alpha value is -2.87. The molecule has 184 valence electrons. The highest BCUT2D eigenvalue weighted by molar-refractivity contribution is 7.92. The molecule has 1 atom stereocenters. The van der Waals surface area contributed by atoms with Gasteiger partial charge in [-0.15, -0.1) is 0 Å². The van der Waals surface area contributed by atoms with E-state index in [0.717, 1.165) is 43.1 Å². The van der Waals surface area contributed by atoms with Crippen LogP contribution in [0.5, 0.6) is 0 Å². The molecule has 0 spiro atoms. The summed E-state index contributed by atoms with van der Waals surface area (Å²) < 4.78 is 26.7. The van der Waals surface area contributed by atoms with Crippen molar-refractivity contribution in [3.8, 4) is 0 Å². The van der Waals surface area contributed by atoms with Crippen molar-refractivity contribution < 1.29 is 18.0 Å². The molecule has 2 amide bonds. The van der Waals surface area contributed by atoms with E-state index >= 15 is 0 Å². The Morgan fingerprint density at radius 2 is 1.71 bits per heavy atom. The van der Waals surface area contributed by atoms with E-state index in [0.29, 0.717) is 16.9 Å². The number of hydrogen-bond donors (Lipinski definition) is 2. The van der Waals surface area contributed by atoms with Crippen molar-refractivity contribution in [3.63, 3.8) is 0 Å². The number of para-hydroxylation sites is 1. The number of anilines is 2. The van der Waals surface area contributed by atoms with Crippen LogP contribution in [0.15, 0.2) is 42.5 Å². The second-order valence-electron chi connectivity index (χ2n) is 9.09. The molecule has 1 aliphatic rings. The molecule has 34 heavy (non-hydrogen) atoms. The monoisotopic (exact) mass is 485 g/mol. The van der Waals surface area contributed by atoms with Gasteiger partial charge in [-0.05, 0) is 68.5 Å². The lowest BCUT2D eigenvalue weighted by Gasteiger charge is -2.30. The van der Waals surface area contributed by atoms with E-state index in [2.05, 4.69) is 10.6 Å². The minimum absolute atomic E-state index is 0.138. The Morgan fingerprint density at radius 3 is 2.32 bits per heavy atom. The Labute approximate surface area is 203 Å². The molecule has 0 saturated heterocycles. The third-order valence-corrected chi connectivity index (χ3v) is 7.62. The van der Waals surface area contributed by atoms with Gasteiger partial charge in [0.15, 0.2) is 0 Å². The zero-order valence-corrected chi connectivity index (χ0v) is 21.2. The van der Waals surface area contributed by atoms with Gasteiger partial charge >= 0.3 is 0 Å². The Kier molecular flexibility index (Phi) is 8.36. The van der Waals surface area contributed by atoms with Crippen molar-refractivity contribution in [3.05, 3.63) is 59.2 Å². The molecule has 7 nitrogen and oxygen atoms in total. The average molecular weight is 486 g/mol. The third-order valence-electron chi connectivity index (χ3n) is 6.44. The van der Waals surface area contributed by atoms with Gasteiger partial charge in [-0.3, -0.25) is 13.9 Å². The van der Waals surface area contributed by atoms with E-state index in [9.17, 15) is 18.0 Å². The predicted molar refractivity (Wildman–Crippen MR) is 137 cm³/mol. The van der Waals surface area contributed by atoms with E-state index < -0.39 is 22.0 Å². The Bertz CT molecular complexity index is 1140. The van der Waals surface area contributed by atoms with Gasteiger partial charge in [0, 0.05) is 6.04 Å². The maximum atomic E-state index is 13.4. The number of hydrogen-bond acceptors (Lipinski definition) is 4. The quantitative estimate of drug-likeness (QED) is 0.573. The van der Waals surface area contributed by atoms with Crippen molar-refractivity contribution in [2.75, 3.05) is 15.9 Å². The molecular weight excluding hydrogens is 450 g/mol. The fourth-order valence-corrected chi connectivity index (χ4v) is 5.64. The summed E-state index contributed by atoms with van der Waals surface area (Å²) >= 11 is 0. The van der Waals surface area contributed by atoms with Crippen LogP contribution in [-0.4, -0.2) is 38.6 Å². The molecule has 2 N–H and O–H groups in total. The highest BCUT2D eigenvalue weighted by atomic mass is 32.2. The number of sulfonamides is 1. The van der Waals surface area contributed by atoms with Gasteiger partial charge in [-0.2, -0.15) is 0 Å². The molecule has 0 unspecified atom stereocenters. The number of benzene rings is 2. The second kappa shape index (κ2) is 11.0. The van der Waals surface area contributed by atoms with Gasteiger partial charge < -0.3 is 10.6 Å². The molecule has 1 fully saturated rings. The van der Waals surface area contributed by atoms with Gasteiger partial charge in [0.25, 0.3) is 5.91 Å². The molecule has 1 aliphatic carbocycles. The summed E-state index contributed by atoms with van der Waals surface area (Å²) in [6.45, 7) is 5.62. The number of carbonyl (C=O) groups excluding carboxylic acids is 2. The lowest BCUT2D eigenvalue weighted by atomic mass is 9.95. The fourth-order valence-electron chi connectivity index (χ4n) is 4.44. The summed E-state index contributed by atoms with van der Waals surface area (Å²) in [5.41, 5.74) is 3.15. The Morgan fingerprint density at radius 1 is 1.03 bits per heavy atom. The minimum atomic E-state index is -3.75. The van der Waals surface area contributed by atoms with Gasteiger partial charge in [-0.25, -0.2) is 8.42 Å². The van der Waals surface area contributed by atoms with E-state index in [1.54, 1.807) is 43.3 Å². The largest absolute Gasteiger partial charge is 0.349 e. The standard InChI is InChI=1S/C26H35N3O4S/c1-5-24(29(34(4,32)33)21-16-15-18(2)19(3)17-21)26(31)28-23-14-10-9-13-22(23)25(30)27-20-11-7-6-8-12-20/h9-10,13-17,20,24H,5-8,11-12H2,1-4H3,(H,27,30)(H,28,31)/t24-/m0/s1. The van der Waals surface area contributed by atoms with Crippen molar-refractivity contribution in [1.82, 2.24) is 5.32 Å². The van der Waals surface area contributed by atoms with Crippen molar-refractivity contribution in [1.29, 1.82) is 0 Å². The van der Waals surface area contributed by atoms with Gasteiger partial charge in [-0.1, -0.05) is 44.4 Å². The highest BCUT2D eigenvalue weighted by Gasteiger charge is 2.32. The van der Waals surface area contributed by atoms with Crippen LogP contribution in [0.4, 0.5) is 11.4 Å². The number of aryl methyl sites for hydroxylation is 2. The molecule has 0 bridgehead atoms. The zero-order valence-electron chi connectivity index (χ0n) is 20.4. The van der Waals surface area contributed by atoms with Crippen LogP contribution >= 0.6 is 0 Å². The van der Waals surface area contributed by atoms with Gasteiger partial charge in [0.1, 0.15) is 6.04 Å². The van der Waals surface area contributed by atoms with E-state index in [1.807, 2.05) is 19.9 Å². The van der Waals surface area contributed by atoms with Crippen LogP contribution in [0.25, 0.3) is 0 Å². The predicted octanol–water partition coefficient (Wildman–Crippen LogP) is 4.55. The van der Waals surface area contributed by atoms with Crippen LogP contribution in [-0.2, 0) is 14.8 Å². The van der Waals surface area contributed by atoms with Crippen LogP contribution in [0.3, 0.4) is 0 Å². The first-order valence-electron chi connectivity index (χ1n) is 11.9. The van der Waals surface area contributed by atoms with E-state index in [-0.39, 0.29) is 18.4 Å². The average Bonchev–Trinajstić information content (AvgIpc) is 2.79. The molecule has 0 radical (unpaired) electrons. The molecule has 0 heterocycles. The molecule has 8 heteroatoms. The first kappa shape index (κ1) is 25.7. The van der Waals surface area contributed by atoms with Crippen LogP contribution in [0.1, 0.15) is 66.9 Å². The van der Waals surface area contributed by atoms with Crippen LogP contribution in [0.2, 0.25) is 0 Å². The molecule has 2 aromatic rings. The maximum Gasteiger partial charge on any atom is 0.253 e.